The predicted molar refractivity (Wildman–Crippen MR) is 71.0 cm³/mol. The number of amides is 1. The molecule has 1 unspecified atom stereocenters. The van der Waals surface area contributed by atoms with Gasteiger partial charge < -0.3 is 10.5 Å². The van der Waals surface area contributed by atoms with Gasteiger partial charge in [0.2, 0.25) is 0 Å². The Morgan fingerprint density at radius 2 is 1.94 bits per heavy atom. The molecule has 7 heteroatoms. The van der Waals surface area contributed by atoms with Crippen molar-refractivity contribution in [3.05, 3.63) is 0 Å². The summed E-state index contributed by atoms with van der Waals surface area (Å²) in [7, 11) is -3.30. The van der Waals surface area contributed by atoms with Crippen LogP contribution in [0.5, 0.6) is 0 Å². The number of alkyl halides is 1. The number of sulfone groups is 1. The van der Waals surface area contributed by atoms with Gasteiger partial charge in [-0.25, -0.2) is 13.2 Å². The van der Waals surface area contributed by atoms with Crippen LogP contribution < -0.4 is 5.73 Å². The maximum Gasteiger partial charge on any atom is 0.404 e. The normalized spacial score (nSPS) is 14.4. The molecule has 0 aliphatic rings. The zero-order valence-corrected chi connectivity index (χ0v) is 12.8. The highest BCUT2D eigenvalue weighted by Gasteiger charge is 2.36. The smallest absolute Gasteiger partial charge is 0.404 e. The third kappa shape index (κ3) is 6.26. The number of ether oxygens (including phenoxy) is 1. The molecular weight excluding hydrogens is 310 g/mol. The highest BCUT2D eigenvalue weighted by atomic mass is 79.9. The van der Waals surface area contributed by atoms with Crippen LogP contribution in [0.3, 0.4) is 0 Å². The monoisotopic (exact) mass is 329 g/mol. The fraction of sp³-hybridized carbons (Fsp3) is 0.900. The van der Waals surface area contributed by atoms with Crippen LogP contribution in [-0.4, -0.2) is 37.5 Å². The van der Waals surface area contributed by atoms with Crippen molar-refractivity contribution in [2.24, 2.45) is 11.1 Å². The van der Waals surface area contributed by atoms with E-state index >= 15 is 0 Å². The summed E-state index contributed by atoms with van der Waals surface area (Å²) in [5.41, 5.74) is 4.36. The first-order chi connectivity index (χ1) is 7.61. The van der Waals surface area contributed by atoms with E-state index in [0.717, 1.165) is 0 Å². The van der Waals surface area contributed by atoms with E-state index in [1.807, 2.05) is 0 Å². The Balaban J connectivity index is 4.86. The highest BCUT2D eigenvalue weighted by molar-refractivity contribution is 9.09. The van der Waals surface area contributed by atoms with Crippen molar-refractivity contribution >= 4 is 31.9 Å². The Morgan fingerprint density at radius 1 is 1.41 bits per heavy atom. The Kier molecular flexibility index (Phi) is 6.47. The summed E-state index contributed by atoms with van der Waals surface area (Å²) in [6.07, 6.45) is -0.416. The van der Waals surface area contributed by atoms with Crippen LogP contribution in [0.4, 0.5) is 4.79 Å². The molecule has 0 aliphatic carbocycles. The molecule has 1 atom stereocenters. The van der Waals surface area contributed by atoms with Crippen molar-refractivity contribution in [3.63, 3.8) is 0 Å². The van der Waals surface area contributed by atoms with E-state index < -0.39 is 26.6 Å². The van der Waals surface area contributed by atoms with Gasteiger partial charge in [-0.15, -0.1) is 0 Å². The van der Waals surface area contributed by atoms with Gasteiger partial charge >= 0.3 is 6.09 Å². The molecule has 0 saturated heterocycles. The Bertz CT molecular complexity index is 348. The molecule has 17 heavy (non-hydrogen) atoms. The third-order valence-electron chi connectivity index (χ3n) is 2.34. The number of primary amides is 1. The third-order valence-corrected chi connectivity index (χ3v) is 5.47. The summed E-state index contributed by atoms with van der Waals surface area (Å²) >= 11 is 3.19. The van der Waals surface area contributed by atoms with Gasteiger partial charge in [0.15, 0.2) is 9.84 Å². The first-order valence-electron chi connectivity index (χ1n) is 5.31. The summed E-state index contributed by atoms with van der Waals surface area (Å²) in [4.78, 5) is 10.6. The van der Waals surface area contributed by atoms with E-state index in [9.17, 15) is 13.2 Å². The molecule has 0 bridgehead atoms. The summed E-state index contributed by atoms with van der Waals surface area (Å²) < 4.78 is 28.8. The largest absolute Gasteiger partial charge is 0.448 e. The second-order valence-electron chi connectivity index (χ2n) is 4.89. The van der Waals surface area contributed by atoms with Gasteiger partial charge in [0, 0.05) is 5.33 Å². The zero-order chi connectivity index (χ0) is 13.7. The Labute approximate surface area is 111 Å². The molecule has 0 aromatic heterocycles. The van der Waals surface area contributed by atoms with Crippen molar-refractivity contribution in [2.45, 2.75) is 32.4 Å². The van der Waals surface area contributed by atoms with Gasteiger partial charge in [0.25, 0.3) is 0 Å². The average Bonchev–Trinajstić information content (AvgIpc) is 2.11. The van der Waals surface area contributed by atoms with Crippen LogP contribution >= 0.6 is 15.9 Å². The molecule has 0 rings (SSSR count). The number of nitrogens with two attached hydrogens (primary N) is 1. The van der Waals surface area contributed by atoms with Crippen LogP contribution in [0.25, 0.3) is 0 Å². The lowest BCUT2D eigenvalue weighted by Gasteiger charge is -2.29. The van der Waals surface area contributed by atoms with E-state index in [4.69, 9.17) is 5.73 Å². The molecule has 0 radical (unpaired) electrons. The van der Waals surface area contributed by atoms with Gasteiger partial charge in [-0.3, -0.25) is 0 Å². The van der Waals surface area contributed by atoms with Gasteiger partial charge in [-0.05, 0) is 11.8 Å². The van der Waals surface area contributed by atoms with Crippen molar-refractivity contribution in [1.82, 2.24) is 0 Å². The summed E-state index contributed by atoms with van der Waals surface area (Å²) in [5, 5.41) is -0.110. The molecule has 2 N–H and O–H groups in total. The molecule has 102 valence electrons. The van der Waals surface area contributed by atoms with E-state index in [1.165, 1.54) is 0 Å². The van der Waals surface area contributed by atoms with Crippen molar-refractivity contribution < 1.29 is 17.9 Å². The number of carbonyl (C=O) groups is 1. The summed E-state index contributed by atoms with van der Waals surface area (Å²) in [6, 6.07) is 0. The summed E-state index contributed by atoms with van der Waals surface area (Å²) in [6.45, 7) is 5.21. The predicted octanol–water partition coefficient (Wildman–Crippen LogP) is 1.70. The van der Waals surface area contributed by atoms with Crippen molar-refractivity contribution in [2.75, 3.05) is 17.7 Å². The first kappa shape index (κ1) is 16.7. The number of halogens is 1. The van der Waals surface area contributed by atoms with Crippen LogP contribution in [0, 0.1) is 5.41 Å². The lowest BCUT2D eigenvalue weighted by molar-refractivity contribution is 0.142. The van der Waals surface area contributed by atoms with Gasteiger partial charge in [0.05, 0.1) is 5.75 Å². The minimum Gasteiger partial charge on any atom is -0.448 e. The van der Waals surface area contributed by atoms with Crippen LogP contribution in [0.2, 0.25) is 0 Å². The van der Waals surface area contributed by atoms with Crippen molar-refractivity contribution in [3.8, 4) is 0 Å². The molecule has 0 saturated carbocycles. The molecule has 5 nitrogen and oxygen atoms in total. The Hall–Kier alpha value is -0.300. The lowest BCUT2D eigenvalue weighted by atomic mass is 9.92. The first-order valence-corrected chi connectivity index (χ1v) is 8.14. The number of rotatable bonds is 6. The topological polar surface area (TPSA) is 86.5 Å². The molecule has 0 fully saturated rings. The van der Waals surface area contributed by atoms with Crippen LogP contribution in [0.1, 0.15) is 27.2 Å². The maximum atomic E-state index is 12.1. The molecular formula is C10H20BrNO4S. The zero-order valence-electron chi connectivity index (χ0n) is 10.4. The van der Waals surface area contributed by atoms with Crippen LogP contribution in [-0.2, 0) is 14.6 Å². The van der Waals surface area contributed by atoms with E-state index in [-0.39, 0.29) is 12.4 Å². The molecule has 1 amide bonds. The van der Waals surface area contributed by atoms with E-state index in [2.05, 4.69) is 20.7 Å². The van der Waals surface area contributed by atoms with Crippen molar-refractivity contribution in [1.29, 1.82) is 0 Å². The molecule has 0 aliphatic heterocycles. The molecule has 0 aromatic rings. The fourth-order valence-corrected chi connectivity index (χ4v) is 4.28. The standard InChI is InChI=1S/C10H20BrNO4S/c1-10(2,3)8(7-16-9(12)13)17(14,15)6-4-5-11/h8H,4-7H2,1-3H3,(H2,12,13). The summed E-state index contributed by atoms with van der Waals surface area (Å²) in [5.74, 6) is 0.0717. The van der Waals surface area contributed by atoms with Crippen LogP contribution in [0.15, 0.2) is 0 Å². The minimum atomic E-state index is -3.30. The number of hydrogen-bond acceptors (Lipinski definition) is 4. The van der Waals surface area contributed by atoms with E-state index in [0.29, 0.717) is 11.8 Å². The second-order valence-corrected chi connectivity index (χ2v) is 7.99. The fourth-order valence-electron chi connectivity index (χ4n) is 1.45. The minimum absolute atomic E-state index is 0.0717. The number of carbonyl (C=O) groups excluding carboxylic acids is 1. The van der Waals surface area contributed by atoms with Gasteiger partial charge in [-0.1, -0.05) is 36.7 Å². The van der Waals surface area contributed by atoms with E-state index in [1.54, 1.807) is 20.8 Å². The quantitative estimate of drug-likeness (QED) is 0.751. The molecule has 0 spiro atoms. The molecule has 0 aromatic carbocycles. The molecule has 0 heterocycles. The maximum absolute atomic E-state index is 12.1. The number of hydrogen-bond donors (Lipinski definition) is 1. The Morgan fingerprint density at radius 3 is 2.29 bits per heavy atom. The SMILES string of the molecule is CC(C)(C)C(COC(N)=O)S(=O)(=O)CCCBr. The van der Waals surface area contributed by atoms with Gasteiger partial charge in [0.1, 0.15) is 11.9 Å². The lowest BCUT2D eigenvalue weighted by Crippen LogP contribution is -2.41. The average molecular weight is 330 g/mol. The van der Waals surface area contributed by atoms with Gasteiger partial charge in [-0.2, -0.15) is 0 Å². The second kappa shape index (κ2) is 6.58. The highest BCUT2D eigenvalue weighted by Crippen LogP contribution is 2.27.